The van der Waals surface area contributed by atoms with Crippen molar-refractivity contribution >= 4 is 10.8 Å². The van der Waals surface area contributed by atoms with E-state index in [2.05, 4.69) is 10.2 Å². The lowest BCUT2D eigenvalue weighted by atomic mass is 10.1. The van der Waals surface area contributed by atoms with Crippen molar-refractivity contribution in [3.8, 4) is 0 Å². The van der Waals surface area contributed by atoms with Crippen molar-refractivity contribution in [2.24, 2.45) is 0 Å². The van der Waals surface area contributed by atoms with Crippen molar-refractivity contribution in [1.29, 1.82) is 0 Å². The molecule has 23 heavy (non-hydrogen) atoms. The number of rotatable bonds is 4. The normalized spacial score (nSPS) is 17.0. The number of hydrogen-bond donors (Lipinski definition) is 1. The first-order valence-electron chi connectivity index (χ1n) is 7.24. The molecule has 2 aromatic rings. The molecule has 0 saturated heterocycles. The van der Waals surface area contributed by atoms with E-state index in [0.29, 0.717) is 31.0 Å². The number of halogens is 3. The average molecular weight is 343 g/mol. The molecule has 1 aromatic carbocycles. The zero-order valence-electron chi connectivity index (χ0n) is 12.3. The van der Waals surface area contributed by atoms with Crippen LogP contribution in [0.1, 0.15) is 17.0 Å². The molecule has 0 saturated carbocycles. The van der Waals surface area contributed by atoms with E-state index in [1.807, 2.05) is 23.1 Å². The number of benzene rings is 1. The van der Waals surface area contributed by atoms with Gasteiger partial charge in [-0.3, -0.25) is 14.2 Å². The zero-order valence-corrected chi connectivity index (χ0v) is 13.1. The van der Waals surface area contributed by atoms with Crippen LogP contribution in [0.15, 0.2) is 35.2 Å². The summed E-state index contributed by atoms with van der Waals surface area (Å²) in [5.41, 5.74) is -0.0617. The van der Waals surface area contributed by atoms with Gasteiger partial charge in [0, 0.05) is 48.0 Å². The first kappa shape index (κ1) is 16.2. The van der Waals surface area contributed by atoms with Gasteiger partial charge in [0.1, 0.15) is 0 Å². The number of aromatic amines is 1. The molecule has 0 spiro atoms. The molecule has 3 rings (SSSR count). The maximum atomic E-state index is 12.9. The minimum atomic E-state index is -4.44. The summed E-state index contributed by atoms with van der Waals surface area (Å²) in [5, 5.41) is 5.90. The molecule has 0 amide bonds. The van der Waals surface area contributed by atoms with Gasteiger partial charge in [-0.15, -0.1) is 0 Å². The third kappa shape index (κ3) is 3.64. The monoisotopic (exact) mass is 343 g/mol. The van der Waals surface area contributed by atoms with Crippen molar-refractivity contribution in [1.82, 2.24) is 15.1 Å². The molecule has 0 unspecified atom stereocenters. The average Bonchev–Trinajstić information content (AvgIpc) is 2.96. The van der Waals surface area contributed by atoms with Gasteiger partial charge in [0.2, 0.25) is 0 Å². The van der Waals surface area contributed by atoms with Crippen molar-refractivity contribution in [3.63, 3.8) is 0 Å². The highest BCUT2D eigenvalue weighted by Crippen LogP contribution is 2.33. The predicted octanol–water partition coefficient (Wildman–Crippen LogP) is 2.59. The smallest absolute Gasteiger partial charge is 0.298 e. The summed E-state index contributed by atoms with van der Waals surface area (Å²) in [6, 6.07) is 9.08. The lowest BCUT2D eigenvalue weighted by molar-refractivity contribution is -0.142. The van der Waals surface area contributed by atoms with E-state index in [4.69, 9.17) is 0 Å². The quantitative estimate of drug-likeness (QED) is 0.928. The fraction of sp³-hybridized carbons (Fsp3) is 0.400. The van der Waals surface area contributed by atoms with Gasteiger partial charge in [-0.05, 0) is 12.1 Å². The maximum Gasteiger partial charge on any atom is 0.435 e. The Bertz CT molecular complexity index is 700. The van der Waals surface area contributed by atoms with Gasteiger partial charge in [0.05, 0.1) is 10.8 Å². The molecule has 0 bridgehead atoms. The highest BCUT2D eigenvalue weighted by atomic mass is 32.2. The van der Waals surface area contributed by atoms with Gasteiger partial charge in [-0.2, -0.15) is 18.3 Å². The fourth-order valence-corrected chi connectivity index (χ4v) is 3.80. The number of nitrogens with zero attached hydrogens (tertiary/aromatic N) is 2. The van der Waals surface area contributed by atoms with Gasteiger partial charge >= 0.3 is 6.18 Å². The molecular formula is C15H16F3N3OS. The van der Waals surface area contributed by atoms with Crippen molar-refractivity contribution in [2.75, 3.05) is 18.8 Å². The largest absolute Gasteiger partial charge is 0.435 e. The van der Waals surface area contributed by atoms with Gasteiger partial charge < -0.3 is 0 Å². The number of alkyl halides is 3. The van der Waals surface area contributed by atoms with Crippen LogP contribution in [0.25, 0.3) is 0 Å². The Morgan fingerprint density at radius 1 is 1.26 bits per heavy atom. The van der Waals surface area contributed by atoms with Crippen LogP contribution in [-0.2, 0) is 29.9 Å². The van der Waals surface area contributed by atoms with E-state index in [9.17, 15) is 17.4 Å². The molecule has 0 fully saturated rings. The molecule has 0 radical (unpaired) electrons. The van der Waals surface area contributed by atoms with E-state index < -0.39 is 22.7 Å². The third-order valence-corrected chi connectivity index (χ3v) is 5.23. The first-order valence-corrected chi connectivity index (χ1v) is 8.56. The standard InChI is InChI=1S/C15H16F3N3OS/c16-15(17,18)14-12-10-21(7-6-13(12)19-20-14)8-9-23(22)11-4-2-1-3-5-11/h1-5H,6-10H2,(H,19,20)/t23-/m1/s1. The molecular weight excluding hydrogens is 327 g/mol. The van der Waals surface area contributed by atoms with Gasteiger partial charge in [0.15, 0.2) is 5.69 Å². The van der Waals surface area contributed by atoms with Crippen LogP contribution in [0.3, 0.4) is 0 Å². The second-order valence-corrected chi connectivity index (χ2v) is 6.99. The Hall–Kier alpha value is -1.67. The number of hydrogen-bond acceptors (Lipinski definition) is 3. The summed E-state index contributed by atoms with van der Waals surface area (Å²) < 4.78 is 51.0. The van der Waals surface area contributed by atoms with E-state index >= 15 is 0 Å². The van der Waals surface area contributed by atoms with E-state index in [1.54, 1.807) is 12.1 Å². The molecule has 1 aromatic heterocycles. The summed E-state index contributed by atoms with van der Waals surface area (Å²) in [5.74, 6) is 0.401. The second kappa shape index (κ2) is 6.45. The second-order valence-electron chi connectivity index (χ2n) is 5.42. The van der Waals surface area contributed by atoms with Crippen molar-refractivity contribution < 1.29 is 17.4 Å². The maximum absolute atomic E-state index is 12.9. The molecule has 1 aliphatic heterocycles. The van der Waals surface area contributed by atoms with Crippen LogP contribution in [0.5, 0.6) is 0 Å². The minimum absolute atomic E-state index is 0.187. The van der Waals surface area contributed by atoms with Crippen LogP contribution in [0.2, 0.25) is 0 Å². The van der Waals surface area contributed by atoms with Crippen LogP contribution in [0.4, 0.5) is 13.2 Å². The Kier molecular flexibility index (Phi) is 4.54. The highest BCUT2D eigenvalue weighted by molar-refractivity contribution is 7.85. The van der Waals surface area contributed by atoms with E-state index in [1.165, 1.54) is 0 Å². The number of nitrogens with one attached hydrogen (secondary N) is 1. The van der Waals surface area contributed by atoms with Gasteiger partial charge in [0.25, 0.3) is 0 Å². The minimum Gasteiger partial charge on any atom is -0.298 e. The van der Waals surface area contributed by atoms with E-state index in [0.717, 1.165) is 4.90 Å². The lowest BCUT2D eigenvalue weighted by Gasteiger charge is -2.26. The topological polar surface area (TPSA) is 49.0 Å². The van der Waals surface area contributed by atoms with Crippen molar-refractivity contribution in [3.05, 3.63) is 47.3 Å². The lowest BCUT2D eigenvalue weighted by Crippen LogP contribution is -2.34. The summed E-state index contributed by atoms with van der Waals surface area (Å²) in [6.07, 6.45) is -3.95. The number of aromatic nitrogens is 2. The summed E-state index contributed by atoms with van der Waals surface area (Å²) in [6.45, 7) is 1.31. The molecule has 1 atom stereocenters. The molecule has 8 heteroatoms. The SMILES string of the molecule is O=[S@](CCN1CCc2[nH]nc(C(F)(F)F)c2C1)c1ccccc1. The van der Waals surface area contributed by atoms with E-state index in [-0.39, 0.29) is 12.1 Å². The van der Waals surface area contributed by atoms with Crippen molar-refractivity contribution in [2.45, 2.75) is 24.0 Å². The van der Waals surface area contributed by atoms with Crippen LogP contribution in [-0.4, -0.2) is 38.1 Å². The van der Waals surface area contributed by atoms with Crippen LogP contribution >= 0.6 is 0 Å². The molecule has 1 aliphatic rings. The number of H-pyrrole nitrogens is 1. The molecule has 4 nitrogen and oxygen atoms in total. The Morgan fingerprint density at radius 3 is 2.70 bits per heavy atom. The molecule has 0 aliphatic carbocycles. The molecule has 124 valence electrons. The summed E-state index contributed by atoms with van der Waals surface area (Å²) in [4.78, 5) is 2.64. The Morgan fingerprint density at radius 2 is 2.00 bits per heavy atom. The summed E-state index contributed by atoms with van der Waals surface area (Å²) >= 11 is 0. The molecule has 2 heterocycles. The van der Waals surface area contributed by atoms with Crippen LogP contribution in [0, 0.1) is 0 Å². The van der Waals surface area contributed by atoms with Gasteiger partial charge in [-0.25, -0.2) is 0 Å². The third-order valence-electron chi connectivity index (χ3n) is 3.88. The zero-order chi connectivity index (χ0) is 16.4. The highest BCUT2D eigenvalue weighted by Gasteiger charge is 2.39. The summed E-state index contributed by atoms with van der Waals surface area (Å²) in [7, 11) is -1.14. The number of fused-ring (bicyclic) bond motifs is 1. The Labute approximate surface area is 134 Å². The first-order chi connectivity index (χ1) is 10.9. The molecule has 1 N–H and O–H groups in total. The van der Waals surface area contributed by atoms with Crippen LogP contribution < -0.4 is 0 Å². The van der Waals surface area contributed by atoms with Gasteiger partial charge in [-0.1, -0.05) is 18.2 Å². The Balaban J connectivity index is 1.64. The predicted molar refractivity (Wildman–Crippen MR) is 80.3 cm³/mol. The fourth-order valence-electron chi connectivity index (χ4n) is 2.68.